The second-order valence-corrected chi connectivity index (χ2v) is 7.85. The van der Waals surface area contributed by atoms with Crippen molar-refractivity contribution < 1.29 is 27.0 Å². The number of non-ortho nitro benzene ring substituents is 1. The van der Waals surface area contributed by atoms with Crippen LogP contribution in [0.25, 0.3) is 4.98 Å². The molecule has 2 saturated carbocycles. The van der Waals surface area contributed by atoms with Gasteiger partial charge in [-0.3, -0.25) is 14.9 Å². The number of nitro groups is 1. The standard InChI is InChI=1S/C19H25N4O3.BF4/c20-21-18-12-11-16(23(25)26)13-17(18)19(24)22(14-7-3-1-4-8-14)15-9-5-2-6-10-15;2-1(3,4)5/h11-15H,1-10H2;/q+1;-1. The zero-order valence-electron chi connectivity index (χ0n) is 17.1. The van der Waals surface area contributed by atoms with E-state index in [0.717, 1.165) is 51.4 Å². The van der Waals surface area contributed by atoms with Gasteiger partial charge in [-0.1, -0.05) is 38.5 Å². The van der Waals surface area contributed by atoms with Crippen LogP contribution in [0.4, 0.5) is 28.6 Å². The molecule has 0 radical (unpaired) electrons. The Morgan fingerprint density at radius 3 is 1.84 bits per heavy atom. The Balaban J connectivity index is 0.000000614. The first-order valence-corrected chi connectivity index (χ1v) is 10.5. The SMILES string of the molecule is F[B-](F)(F)F.N#[N+]c1ccc([N+](=O)[O-])cc1C(=O)N(C1CCCCC1)C1CCCCC1. The molecule has 1 amide bonds. The molecular formula is C19H25BF4N4O3. The van der Waals surface area contributed by atoms with Crippen LogP contribution in [0.3, 0.4) is 0 Å². The zero-order valence-corrected chi connectivity index (χ0v) is 17.1. The molecule has 2 aliphatic carbocycles. The Hall–Kier alpha value is -2.71. The second-order valence-electron chi connectivity index (χ2n) is 7.85. The van der Waals surface area contributed by atoms with Gasteiger partial charge in [-0.25, -0.2) is 0 Å². The van der Waals surface area contributed by atoms with E-state index in [1.165, 1.54) is 31.0 Å². The number of halogens is 4. The van der Waals surface area contributed by atoms with Crippen molar-refractivity contribution in [3.05, 3.63) is 38.9 Å². The molecule has 2 aliphatic rings. The van der Waals surface area contributed by atoms with E-state index in [9.17, 15) is 37.6 Å². The first-order valence-electron chi connectivity index (χ1n) is 10.5. The molecule has 0 saturated heterocycles. The summed E-state index contributed by atoms with van der Waals surface area (Å²) in [7, 11) is -6.00. The first kappa shape index (κ1) is 24.6. The Labute approximate surface area is 177 Å². The minimum Gasteiger partial charge on any atom is -0.418 e. The highest BCUT2D eigenvalue weighted by molar-refractivity contribution is 6.50. The number of benzene rings is 1. The van der Waals surface area contributed by atoms with Gasteiger partial charge in [0.2, 0.25) is 5.39 Å². The number of nitrogens with zero attached hydrogens (tertiary/aromatic N) is 4. The summed E-state index contributed by atoms with van der Waals surface area (Å²) in [5.74, 6) is -0.236. The molecule has 0 unspecified atom stereocenters. The molecular weight excluding hydrogens is 419 g/mol. The van der Waals surface area contributed by atoms with E-state index in [0.29, 0.717) is 0 Å². The van der Waals surface area contributed by atoms with Crippen molar-refractivity contribution in [2.24, 2.45) is 0 Å². The Bertz CT molecular complexity index is 795. The van der Waals surface area contributed by atoms with E-state index in [-0.39, 0.29) is 34.9 Å². The maximum atomic E-state index is 13.4. The number of amides is 1. The predicted octanol–water partition coefficient (Wildman–Crippen LogP) is 6.49. The highest BCUT2D eigenvalue weighted by atomic mass is 19.5. The van der Waals surface area contributed by atoms with Crippen LogP contribution >= 0.6 is 0 Å². The van der Waals surface area contributed by atoms with Crippen LogP contribution in [0.5, 0.6) is 0 Å². The third-order valence-electron chi connectivity index (χ3n) is 5.70. The summed E-state index contributed by atoms with van der Waals surface area (Å²) in [6.45, 7) is 0. The van der Waals surface area contributed by atoms with E-state index in [1.54, 1.807) is 0 Å². The fourth-order valence-electron chi connectivity index (χ4n) is 4.38. The number of nitro benzene ring substituents is 1. The molecule has 0 aliphatic heterocycles. The molecule has 12 heteroatoms. The summed E-state index contributed by atoms with van der Waals surface area (Å²) in [5.41, 5.74) is 0.0584. The summed E-state index contributed by atoms with van der Waals surface area (Å²) in [5, 5.41) is 20.4. The van der Waals surface area contributed by atoms with Crippen LogP contribution in [-0.4, -0.2) is 35.1 Å². The molecule has 0 bridgehead atoms. The molecule has 31 heavy (non-hydrogen) atoms. The summed E-state index contributed by atoms with van der Waals surface area (Å²) >= 11 is 0. The van der Waals surface area contributed by atoms with E-state index in [2.05, 4.69) is 4.98 Å². The summed E-state index contributed by atoms with van der Waals surface area (Å²) in [4.78, 5) is 29.2. The lowest BCUT2D eigenvalue weighted by Gasteiger charge is -2.41. The number of carbonyl (C=O) groups excluding carboxylic acids is 1. The van der Waals surface area contributed by atoms with E-state index in [1.807, 2.05) is 4.90 Å². The minimum absolute atomic E-state index is 0.0946. The van der Waals surface area contributed by atoms with Gasteiger partial charge in [0.15, 0.2) is 4.98 Å². The fraction of sp³-hybridized carbons (Fsp3) is 0.632. The summed E-state index contributed by atoms with van der Waals surface area (Å²) in [6, 6.07) is 4.19. The third kappa shape index (κ3) is 7.49. The lowest BCUT2D eigenvalue weighted by molar-refractivity contribution is -0.384. The van der Waals surface area contributed by atoms with Crippen LogP contribution < -0.4 is 0 Å². The van der Waals surface area contributed by atoms with Crippen molar-refractivity contribution in [3.63, 3.8) is 0 Å². The highest BCUT2D eigenvalue weighted by Crippen LogP contribution is 2.34. The fourth-order valence-corrected chi connectivity index (χ4v) is 4.38. The van der Waals surface area contributed by atoms with Crippen molar-refractivity contribution in [3.8, 4) is 0 Å². The molecule has 0 aromatic heterocycles. The maximum absolute atomic E-state index is 13.4. The van der Waals surface area contributed by atoms with E-state index >= 15 is 0 Å². The Morgan fingerprint density at radius 2 is 1.45 bits per heavy atom. The molecule has 0 atom stereocenters. The van der Waals surface area contributed by atoms with Crippen LogP contribution in [0.15, 0.2) is 18.2 Å². The minimum atomic E-state index is -6.00. The number of hydrogen-bond donors (Lipinski definition) is 0. The second kappa shape index (κ2) is 11.1. The summed E-state index contributed by atoms with van der Waals surface area (Å²) < 4.78 is 39.0. The topological polar surface area (TPSA) is 91.6 Å². The number of rotatable bonds is 4. The smallest absolute Gasteiger partial charge is 0.418 e. The monoisotopic (exact) mass is 444 g/mol. The lowest BCUT2D eigenvalue weighted by atomic mass is 9.88. The van der Waals surface area contributed by atoms with Gasteiger partial charge >= 0.3 is 12.9 Å². The molecule has 1 aromatic rings. The van der Waals surface area contributed by atoms with Gasteiger partial charge in [0.25, 0.3) is 11.6 Å². The molecule has 1 aromatic carbocycles. The van der Waals surface area contributed by atoms with Crippen molar-refractivity contribution in [2.45, 2.75) is 76.3 Å². The van der Waals surface area contributed by atoms with Crippen LogP contribution in [0.2, 0.25) is 0 Å². The van der Waals surface area contributed by atoms with Gasteiger partial charge in [-0.2, -0.15) is 0 Å². The predicted molar refractivity (Wildman–Crippen MR) is 108 cm³/mol. The maximum Gasteiger partial charge on any atom is 0.673 e. The van der Waals surface area contributed by atoms with Crippen LogP contribution in [-0.2, 0) is 0 Å². The number of hydrogen-bond acceptors (Lipinski definition) is 4. The van der Waals surface area contributed by atoms with Gasteiger partial charge < -0.3 is 22.2 Å². The number of diazo groups is 1. The number of carbonyl (C=O) groups is 1. The van der Waals surface area contributed by atoms with E-state index in [4.69, 9.17) is 0 Å². The average Bonchev–Trinajstić information content (AvgIpc) is 2.73. The normalized spacial score (nSPS) is 17.8. The molecule has 0 heterocycles. The van der Waals surface area contributed by atoms with Gasteiger partial charge in [-0.15, -0.1) is 0 Å². The Morgan fingerprint density at radius 1 is 1.00 bits per heavy atom. The van der Waals surface area contributed by atoms with Crippen LogP contribution in [0, 0.1) is 15.5 Å². The van der Waals surface area contributed by atoms with Crippen LogP contribution in [0.1, 0.15) is 74.6 Å². The Kier molecular flexibility index (Phi) is 8.77. The largest absolute Gasteiger partial charge is 0.673 e. The molecule has 0 N–H and O–H groups in total. The van der Waals surface area contributed by atoms with Crippen molar-refractivity contribution in [1.29, 1.82) is 5.39 Å². The van der Waals surface area contributed by atoms with Crippen molar-refractivity contribution >= 4 is 24.5 Å². The molecule has 0 spiro atoms. The van der Waals surface area contributed by atoms with Crippen molar-refractivity contribution in [2.75, 3.05) is 0 Å². The van der Waals surface area contributed by atoms with Gasteiger partial charge in [0.1, 0.15) is 5.56 Å². The third-order valence-corrected chi connectivity index (χ3v) is 5.70. The molecule has 2 fully saturated rings. The van der Waals surface area contributed by atoms with E-state index < -0.39 is 12.2 Å². The van der Waals surface area contributed by atoms with Gasteiger partial charge in [0, 0.05) is 30.3 Å². The quantitative estimate of drug-likeness (QED) is 0.175. The molecule has 170 valence electrons. The van der Waals surface area contributed by atoms with Crippen molar-refractivity contribution in [1.82, 2.24) is 4.90 Å². The van der Waals surface area contributed by atoms with Gasteiger partial charge in [-0.05, 0) is 25.7 Å². The average molecular weight is 444 g/mol. The molecule has 7 nitrogen and oxygen atoms in total. The zero-order chi connectivity index (χ0) is 23.0. The lowest BCUT2D eigenvalue weighted by Crippen LogP contribution is -2.48. The highest BCUT2D eigenvalue weighted by Gasteiger charge is 2.36. The first-order chi connectivity index (χ1) is 14.6. The molecule has 3 rings (SSSR count). The summed E-state index contributed by atoms with van der Waals surface area (Å²) in [6.07, 6.45) is 10.7. The van der Waals surface area contributed by atoms with Gasteiger partial charge in [0.05, 0.1) is 4.92 Å².